The number of nitrogens with zero attached hydrogens (tertiary/aromatic N) is 1. The van der Waals surface area contributed by atoms with Crippen LogP contribution in [0.1, 0.15) is 18.4 Å². The van der Waals surface area contributed by atoms with Gasteiger partial charge in [0.15, 0.2) is 0 Å². The van der Waals surface area contributed by atoms with Gasteiger partial charge in [-0.1, -0.05) is 66.7 Å². The van der Waals surface area contributed by atoms with E-state index in [1.807, 2.05) is 36.4 Å². The minimum atomic E-state index is 0.0456. The van der Waals surface area contributed by atoms with Crippen molar-refractivity contribution in [3.05, 3.63) is 96.6 Å². The Morgan fingerprint density at radius 3 is 2.41 bits per heavy atom. The summed E-state index contributed by atoms with van der Waals surface area (Å²) in [5, 5.41) is 5.75. The van der Waals surface area contributed by atoms with Crippen molar-refractivity contribution < 1.29 is 9.53 Å². The molecule has 0 bridgehead atoms. The Hall–Kier alpha value is -3.63. The lowest BCUT2D eigenvalue weighted by Crippen LogP contribution is -2.37. The molecule has 0 atom stereocenters. The van der Waals surface area contributed by atoms with Gasteiger partial charge in [-0.25, -0.2) is 0 Å². The van der Waals surface area contributed by atoms with Crippen LogP contribution in [0, 0.1) is 5.92 Å². The van der Waals surface area contributed by atoms with Crippen LogP contribution in [0.4, 0.5) is 5.69 Å². The number of hydrogen-bond donors (Lipinski definition) is 1. The molecule has 0 spiro atoms. The number of methoxy groups -OCH3 is 1. The summed E-state index contributed by atoms with van der Waals surface area (Å²) < 4.78 is 5.34. The van der Waals surface area contributed by atoms with Crippen molar-refractivity contribution in [2.75, 3.05) is 25.5 Å². The zero-order chi connectivity index (χ0) is 23.3. The van der Waals surface area contributed by atoms with Gasteiger partial charge in [-0.15, -0.1) is 0 Å². The molecule has 1 fully saturated rings. The van der Waals surface area contributed by atoms with Gasteiger partial charge in [0.25, 0.3) is 0 Å². The van der Waals surface area contributed by atoms with Gasteiger partial charge < -0.3 is 10.1 Å². The molecule has 1 aliphatic rings. The highest BCUT2D eigenvalue weighted by atomic mass is 16.5. The molecule has 34 heavy (non-hydrogen) atoms. The van der Waals surface area contributed by atoms with E-state index in [2.05, 4.69) is 64.8 Å². The van der Waals surface area contributed by atoms with Gasteiger partial charge in [0.05, 0.1) is 7.11 Å². The van der Waals surface area contributed by atoms with E-state index in [1.54, 1.807) is 7.11 Å². The fourth-order valence-corrected chi connectivity index (χ4v) is 4.85. The topological polar surface area (TPSA) is 41.6 Å². The van der Waals surface area contributed by atoms with Crippen LogP contribution in [0.5, 0.6) is 5.75 Å². The molecular weight excluding hydrogens is 420 g/mol. The summed E-state index contributed by atoms with van der Waals surface area (Å²) >= 11 is 0. The maximum Gasteiger partial charge on any atom is 0.227 e. The molecule has 1 saturated heterocycles. The minimum Gasteiger partial charge on any atom is -0.497 e. The third-order valence-electron chi connectivity index (χ3n) is 6.77. The summed E-state index contributed by atoms with van der Waals surface area (Å²) in [6.07, 6.45) is 1.76. The predicted molar refractivity (Wildman–Crippen MR) is 139 cm³/mol. The SMILES string of the molecule is COc1cccc(-c2cccc(NC(=O)C3CCN(Cc4cccc5ccccc45)CC3)c2)c1. The molecule has 0 aliphatic carbocycles. The lowest BCUT2D eigenvalue weighted by molar-refractivity contribution is -0.121. The van der Waals surface area contributed by atoms with Crippen molar-refractivity contribution in [2.45, 2.75) is 19.4 Å². The first-order chi connectivity index (χ1) is 16.7. The fraction of sp³-hybridized carbons (Fsp3) is 0.233. The second-order valence-corrected chi connectivity index (χ2v) is 8.99. The number of carbonyl (C=O) groups excluding carboxylic acids is 1. The second kappa shape index (κ2) is 10.1. The van der Waals surface area contributed by atoms with Crippen LogP contribution in [0.3, 0.4) is 0 Å². The molecule has 4 heteroatoms. The molecule has 1 heterocycles. The van der Waals surface area contributed by atoms with Gasteiger partial charge >= 0.3 is 0 Å². The summed E-state index contributed by atoms with van der Waals surface area (Å²) in [6.45, 7) is 2.80. The Kier molecular flexibility index (Phi) is 6.59. The van der Waals surface area contributed by atoms with Crippen LogP contribution in [0.2, 0.25) is 0 Å². The average Bonchev–Trinajstić information content (AvgIpc) is 2.89. The number of rotatable bonds is 6. The van der Waals surface area contributed by atoms with Crippen molar-refractivity contribution in [1.29, 1.82) is 0 Å². The fourth-order valence-electron chi connectivity index (χ4n) is 4.85. The number of benzene rings is 4. The van der Waals surface area contributed by atoms with E-state index in [1.165, 1.54) is 16.3 Å². The van der Waals surface area contributed by atoms with Gasteiger partial charge in [0.2, 0.25) is 5.91 Å². The first-order valence-corrected chi connectivity index (χ1v) is 11.9. The smallest absolute Gasteiger partial charge is 0.227 e. The molecule has 0 saturated carbocycles. The van der Waals surface area contributed by atoms with E-state index >= 15 is 0 Å². The zero-order valence-electron chi connectivity index (χ0n) is 19.5. The van der Waals surface area contributed by atoms with Crippen molar-refractivity contribution in [1.82, 2.24) is 4.90 Å². The molecule has 172 valence electrons. The molecule has 1 N–H and O–H groups in total. The lowest BCUT2D eigenvalue weighted by atomic mass is 9.95. The number of amides is 1. The van der Waals surface area contributed by atoms with Crippen molar-refractivity contribution in [3.63, 3.8) is 0 Å². The van der Waals surface area contributed by atoms with Crippen LogP contribution >= 0.6 is 0 Å². The standard InChI is InChI=1S/C30H30N2O2/c1-34-28-13-6-10-25(20-28)24-9-5-12-27(19-24)31-30(33)23-15-17-32(18-16-23)21-26-11-4-8-22-7-2-3-14-29(22)26/h2-14,19-20,23H,15-18,21H2,1H3,(H,31,33). The second-order valence-electron chi connectivity index (χ2n) is 8.99. The van der Waals surface area contributed by atoms with E-state index in [-0.39, 0.29) is 11.8 Å². The van der Waals surface area contributed by atoms with Gasteiger partial charge in [-0.2, -0.15) is 0 Å². The molecule has 5 rings (SSSR count). The summed E-state index contributed by atoms with van der Waals surface area (Å²) in [6, 6.07) is 31.1. The third-order valence-corrected chi connectivity index (χ3v) is 6.77. The molecule has 0 radical (unpaired) electrons. The van der Waals surface area contributed by atoms with Crippen molar-refractivity contribution in [2.24, 2.45) is 5.92 Å². The number of likely N-dealkylation sites (tertiary alicyclic amines) is 1. The summed E-state index contributed by atoms with van der Waals surface area (Å²) in [5.41, 5.74) is 4.32. The molecule has 4 aromatic carbocycles. The van der Waals surface area contributed by atoms with Crippen molar-refractivity contribution >= 4 is 22.4 Å². The third kappa shape index (κ3) is 4.97. The Morgan fingerprint density at radius 2 is 1.59 bits per heavy atom. The number of carbonyl (C=O) groups is 1. The highest BCUT2D eigenvalue weighted by Crippen LogP contribution is 2.28. The normalized spacial score (nSPS) is 14.7. The molecule has 4 aromatic rings. The quantitative estimate of drug-likeness (QED) is 0.371. The number of ether oxygens (including phenoxy) is 1. The van der Waals surface area contributed by atoms with Crippen LogP contribution in [-0.2, 0) is 11.3 Å². The highest BCUT2D eigenvalue weighted by Gasteiger charge is 2.25. The highest BCUT2D eigenvalue weighted by molar-refractivity contribution is 5.93. The number of nitrogens with one attached hydrogen (secondary N) is 1. The Morgan fingerprint density at radius 1 is 0.882 bits per heavy atom. The molecule has 0 aromatic heterocycles. The summed E-state index contributed by atoms with van der Waals surface area (Å²) in [7, 11) is 1.67. The zero-order valence-corrected chi connectivity index (χ0v) is 19.5. The first kappa shape index (κ1) is 22.2. The Labute approximate surface area is 201 Å². The van der Waals surface area contributed by atoms with Gasteiger partial charge in [0.1, 0.15) is 5.75 Å². The number of anilines is 1. The van der Waals surface area contributed by atoms with Crippen LogP contribution in [0.15, 0.2) is 91.0 Å². The van der Waals surface area contributed by atoms with Gasteiger partial charge in [-0.05, 0) is 77.7 Å². The van der Waals surface area contributed by atoms with Crippen LogP contribution in [0.25, 0.3) is 21.9 Å². The molecule has 1 aliphatic heterocycles. The molecule has 0 unspecified atom stereocenters. The Bertz CT molecular complexity index is 1290. The number of fused-ring (bicyclic) bond motifs is 1. The van der Waals surface area contributed by atoms with E-state index in [4.69, 9.17) is 4.74 Å². The minimum absolute atomic E-state index is 0.0456. The van der Waals surface area contributed by atoms with E-state index < -0.39 is 0 Å². The maximum absolute atomic E-state index is 13.0. The van der Waals surface area contributed by atoms with E-state index in [0.717, 1.165) is 55.0 Å². The largest absolute Gasteiger partial charge is 0.497 e. The summed E-state index contributed by atoms with van der Waals surface area (Å²) in [4.78, 5) is 15.5. The lowest BCUT2D eigenvalue weighted by Gasteiger charge is -2.31. The maximum atomic E-state index is 13.0. The predicted octanol–water partition coefficient (Wildman–Crippen LogP) is 6.37. The number of piperidine rings is 1. The first-order valence-electron chi connectivity index (χ1n) is 11.9. The monoisotopic (exact) mass is 450 g/mol. The number of hydrogen-bond acceptors (Lipinski definition) is 3. The van der Waals surface area contributed by atoms with E-state index in [0.29, 0.717) is 0 Å². The molecule has 1 amide bonds. The Balaban J connectivity index is 1.19. The molecular formula is C30H30N2O2. The van der Waals surface area contributed by atoms with Gasteiger partial charge in [0, 0.05) is 18.2 Å². The average molecular weight is 451 g/mol. The van der Waals surface area contributed by atoms with Crippen molar-refractivity contribution in [3.8, 4) is 16.9 Å². The van der Waals surface area contributed by atoms with Crippen LogP contribution < -0.4 is 10.1 Å². The molecule has 4 nitrogen and oxygen atoms in total. The van der Waals surface area contributed by atoms with Crippen LogP contribution in [-0.4, -0.2) is 31.0 Å². The summed E-state index contributed by atoms with van der Waals surface area (Å²) in [5.74, 6) is 0.985. The van der Waals surface area contributed by atoms with Gasteiger partial charge in [-0.3, -0.25) is 9.69 Å². The van der Waals surface area contributed by atoms with E-state index in [9.17, 15) is 4.79 Å².